The van der Waals surface area contributed by atoms with Crippen LogP contribution in [0.15, 0.2) is 42.5 Å². The summed E-state index contributed by atoms with van der Waals surface area (Å²) in [5, 5.41) is 50.4. The van der Waals surface area contributed by atoms with Gasteiger partial charge in [-0.2, -0.15) is 0 Å². The van der Waals surface area contributed by atoms with Crippen LogP contribution in [-0.2, 0) is 11.2 Å². The van der Waals surface area contributed by atoms with Crippen molar-refractivity contribution in [3.05, 3.63) is 64.2 Å². The third kappa shape index (κ3) is 4.94. The van der Waals surface area contributed by atoms with Crippen LogP contribution in [0.4, 0.5) is 0 Å². The zero-order valence-electron chi connectivity index (χ0n) is 17.5. The Kier molecular flexibility index (Phi) is 7.37. The molecule has 0 spiro atoms. The molecule has 2 aliphatic rings. The number of ether oxygens (including phenoxy) is 2. The van der Waals surface area contributed by atoms with Crippen molar-refractivity contribution in [3.63, 3.8) is 0 Å². The lowest BCUT2D eigenvalue weighted by molar-refractivity contribution is -0.231. The van der Waals surface area contributed by atoms with E-state index in [2.05, 4.69) is 0 Å². The summed E-state index contributed by atoms with van der Waals surface area (Å²) in [6.45, 7) is -0.478. The van der Waals surface area contributed by atoms with Gasteiger partial charge in [-0.05, 0) is 60.6 Å². The predicted molar refractivity (Wildman–Crippen MR) is 118 cm³/mol. The quantitative estimate of drug-likeness (QED) is 0.441. The van der Waals surface area contributed by atoms with E-state index in [9.17, 15) is 25.5 Å². The molecule has 2 fully saturated rings. The Bertz CT molecular complexity index is 904. The summed E-state index contributed by atoms with van der Waals surface area (Å²) in [4.78, 5) is 0. The normalized spacial score (nSPS) is 32.8. The van der Waals surface area contributed by atoms with Crippen LogP contribution in [0.5, 0.6) is 5.75 Å². The van der Waals surface area contributed by atoms with Crippen molar-refractivity contribution in [3.8, 4) is 5.75 Å². The summed E-state index contributed by atoms with van der Waals surface area (Å²) in [5.74, 6) is 0.709. The summed E-state index contributed by atoms with van der Waals surface area (Å²) in [6.07, 6.45) is -3.52. The summed E-state index contributed by atoms with van der Waals surface area (Å²) in [5.41, 5.74) is 2.40. The first-order chi connectivity index (χ1) is 15.4. The highest BCUT2D eigenvalue weighted by atomic mass is 35.5. The Morgan fingerprint density at radius 1 is 0.938 bits per heavy atom. The highest BCUT2D eigenvalue weighted by Crippen LogP contribution is 2.34. The summed E-state index contributed by atoms with van der Waals surface area (Å²) in [7, 11) is 0. The third-order valence-corrected chi connectivity index (χ3v) is 6.68. The van der Waals surface area contributed by atoms with E-state index in [1.165, 1.54) is 0 Å². The number of halogens is 1. The minimum absolute atomic E-state index is 0.162. The van der Waals surface area contributed by atoms with Crippen molar-refractivity contribution < 1.29 is 35.0 Å². The lowest BCUT2D eigenvalue weighted by atomic mass is 9.90. The van der Waals surface area contributed by atoms with Gasteiger partial charge in [0.1, 0.15) is 42.4 Å². The standard InChI is InChI=1S/C24H29ClO7/c25-17-9-6-14(24-23(30)22(29)21(28)20(12-26)32-24)11-15(17)10-13-4-7-16(8-5-13)31-19-3-1-2-18(19)27/h4-9,11,18-24,26-30H,1-3,10,12H2/t18-,19?,20-,21-,22+,23-,24+/m1/s1. The van der Waals surface area contributed by atoms with Crippen molar-refractivity contribution in [1.29, 1.82) is 0 Å². The Balaban J connectivity index is 1.48. The molecule has 1 saturated heterocycles. The molecule has 1 heterocycles. The van der Waals surface area contributed by atoms with Gasteiger partial charge in [-0.25, -0.2) is 0 Å². The molecule has 7 nitrogen and oxygen atoms in total. The molecule has 0 aromatic heterocycles. The van der Waals surface area contributed by atoms with E-state index in [0.717, 1.165) is 30.4 Å². The molecule has 0 amide bonds. The minimum atomic E-state index is -1.43. The second kappa shape index (κ2) is 10.1. The van der Waals surface area contributed by atoms with Gasteiger partial charge in [-0.15, -0.1) is 0 Å². The fourth-order valence-electron chi connectivity index (χ4n) is 4.41. The van der Waals surface area contributed by atoms with E-state index >= 15 is 0 Å². The van der Waals surface area contributed by atoms with Crippen LogP contribution in [0, 0.1) is 0 Å². The first-order valence-corrected chi connectivity index (χ1v) is 11.3. The molecule has 7 atom stereocenters. The predicted octanol–water partition coefficient (Wildman–Crippen LogP) is 1.74. The van der Waals surface area contributed by atoms with E-state index in [4.69, 9.17) is 21.1 Å². The Hall–Kier alpha value is -1.71. The zero-order chi connectivity index (χ0) is 22.8. The second-order valence-electron chi connectivity index (χ2n) is 8.58. The Morgan fingerprint density at radius 2 is 1.69 bits per heavy atom. The Labute approximate surface area is 191 Å². The summed E-state index contributed by atoms with van der Waals surface area (Å²) < 4.78 is 11.5. The van der Waals surface area contributed by atoms with Gasteiger partial charge in [0.15, 0.2) is 0 Å². The van der Waals surface area contributed by atoms with Gasteiger partial charge in [-0.1, -0.05) is 35.9 Å². The average Bonchev–Trinajstić information content (AvgIpc) is 3.19. The van der Waals surface area contributed by atoms with Crippen LogP contribution in [-0.4, -0.2) is 68.8 Å². The molecule has 1 aliphatic heterocycles. The van der Waals surface area contributed by atoms with Crippen molar-refractivity contribution >= 4 is 11.6 Å². The largest absolute Gasteiger partial charge is 0.488 e. The average molecular weight is 465 g/mol. The van der Waals surface area contributed by atoms with E-state index in [-0.39, 0.29) is 6.10 Å². The molecule has 2 aromatic rings. The highest BCUT2D eigenvalue weighted by molar-refractivity contribution is 6.31. The van der Waals surface area contributed by atoms with Crippen LogP contribution >= 0.6 is 11.6 Å². The van der Waals surface area contributed by atoms with Crippen molar-refractivity contribution in [1.82, 2.24) is 0 Å². The summed E-state index contributed by atoms with van der Waals surface area (Å²) in [6, 6.07) is 12.8. The molecule has 1 saturated carbocycles. The lowest BCUT2D eigenvalue weighted by Gasteiger charge is -2.40. The van der Waals surface area contributed by atoms with Crippen LogP contribution in [0.1, 0.15) is 42.1 Å². The maximum absolute atomic E-state index is 10.4. The lowest BCUT2D eigenvalue weighted by Crippen LogP contribution is -2.55. The molecule has 0 bridgehead atoms. The van der Waals surface area contributed by atoms with Gasteiger partial charge in [0.25, 0.3) is 0 Å². The number of hydrogen-bond acceptors (Lipinski definition) is 7. The van der Waals surface area contributed by atoms with E-state index in [1.54, 1.807) is 18.2 Å². The van der Waals surface area contributed by atoms with E-state index < -0.39 is 43.2 Å². The second-order valence-corrected chi connectivity index (χ2v) is 8.98. The van der Waals surface area contributed by atoms with Gasteiger partial charge >= 0.3 is 0 Å². The maximum Gasteiger partial charge on any atom is 0.124 e. The van der Waals surface area contributed by atoms with Crippen molar-refractivity contribution in [2.45, 2.75) is 68.4 Å². The monoisotopic (exact) mass is 464 g/mol. The SMILES string of the molecule is OC[C@H]1O[C@@H](c2ccc(Cl)c(Cc3ccc(OC4CCC[C@H]4O)cc3)c2)[C@H](O)[C@@H](O)[C@@H]1O. The summed E-state index contributed by atoms with van der Waals surface area (Å²) >= 11 is 6.40. The maximum atomic E-state index is 10.4. The van der Waals surface area contributed by atoms with Crippen molar-refractivity contribution in [2.24, 2.45) is 0 Å². The third-order valence-electron chi connectivity index (χ3n) is 6.31. The smallest absolute Gasteiger partial charge is 0.124 e. The zero-order valence-corrected chi connectivity index (χ0v) is 18.3. The van der Waals surface area contributed by atoms with Gasteiger partial charge in [0.05, 0.1) is 12.7 Å². The Morgan fingerprint density at radius 3 is 2.34 bits per heavy atom. The van der Waals surface area contributed by atoms with E-state index in [0.29, 0.717) is 22.8 Å². The first kappa shape index (κ1) is 23.4. The number of hydrogen-bond donors (Lipinski definition) is 5. The van der Waals surface area contributed by atoms with Crippen molar-refractivity contribution in [2.75, 3.05) is 6.61 Å². The van der Waals surface area contributed by atoms with Crippen LogP contribution < -0.4 is 4.74 Å². The number of aliphatic hydroxyl groups excluding tert-OH is 5. The molecule has 2 aromatic carbocycles. The molecule has 0 radical (unpaired) electrons. The first-order valence-electron chi connectivity index (χ1n) is 10.9. The fraction of sp³-hybridized carbons (Fsp3) is 0.500. The van der Waals surface area contributed by atoms with Crippen LogP contribution in [0.2, 0.25) is 5.02 Å². The highest BCUT2D eigenvalue weighted by Gasteiger charge is 2.44. The minimum Gasteiger partial charge on any atom is -0.488 e. The molecule has 5 N–H and O–H groups in total. The molecule has 32 heavy (non-hydrogen) atoms. The molecule has 8 heteroatoms. The van der Waals surface area contributed by atoms with Crippen LogP contribution in [0.25, 0.3) is 0 Å². The molecular weight excluding hydrogens is 436 g/mol. The van der Waals surface area contributed by atoms with Gasteiger partial charge < -0.3 is 35.0 Å². The molecular formula is C24H29ClO7. The molecule has 1 unspecified atom stereocenters. The van der Waals surface area contributed by atoms with Crippen LogP contribution in [0.3, 0.4) is 0 Å². The number of rotatable bonds is 6. The molecule has 1 aliphatic carbocycles. The van der Waals surface area contributed by atoms with Gasteiger partial charge in [-0.3, -0.25) is 0 Å². The fourth-order valence-corrected chi connectivity index (χ4v) is 4.59. The number of benzene rings is 2. The van der Waals surface area contributed by atoms with Gasteiger partial charge in [0, 0.05) is 5.02 Å². The molecule has 4 rings (SSSR count). The molecule has 174 valence electrons. The number of aliphatic hydroxyl groups is 5. The van der Waals surface area contributed by atoms with Gasteiger partial charge in [0.2, 0.25) is 0 Å². The topological polar surface area (TPSA) is 120 Å². The van der Waals surface area contributed by atoms with E-state index in [1.807, 2.05) is 24.3 Å².